The number of fused-ring (bicyclic) bond motifs is 9. The normalized spacial score (nSPS) is 14.1. The summed E-state index contributed by atoms with van der Waals surface area (Å²) in [6.45, 7) is 4.95. The van der Waals surface area contributed by atoms with E-state index in [1.165, 1.54) is 29.2 Å². The highest BCUT2D eigenvalue weighted by Gasteiger charge is 2.26. The Morgan fingerprint density at radius 3 is 1.15 bits per heavy atom. The molecular weight excluding hydrogens is 1570 g/mol. The summed E-state index contributed by atoms with van der Waals surface area (Å²) in [4.78, 5) is 48.3. The molecule has 0 radical (unpaired) electrons. The third-order valence-electron chi connectivity index (χ3n) is 18.1. The molecule has 14 heterocycles. The van der Waals surface area contributed by atoms with Crippen molar-refractivity contribution in [3.63, 3.8) is 0 Å². The van der Waals surface area contributed by atoms with Crippen molar-refractivity contribution in [2.45, 2.75) is 90.7 Å². The first-order chi connectivity index (χ1) is 60.9. The van der Waals surface area contributed by atoms with Crippen molar-refractivity contribution in [3.05, 3.63) is 197 Å². The summed E-state index contributed by atoms with van der Waals surface area (Å²) in [6.07, 6.45) is 9.80. The van der Waals surface area contributed by atoms with Crippen LogP contribution < -0.4 is 30.6 Å². The van der Waals surface area contributed by atoms with E-state index in [1.54, 1.807) is 78.9 Å². The smallest absolute Gasteiger partial charge is 0.337 e. The number of hydrogen-bond donors (Lipinski definition) is 5. The second-order valence-corrected chi connectivity index (χ2v) is 26.3. The van der Waals surface area contributed by atoms with E-state index in [1.807, 2.05) is 72.8 Å². The molecule has 0 aliphatic carbocycles. The Morgan fingerprint density at radius 1 is 0.479 bits per heavy atom. The molecule has 626 valence electrons. The van der Waals surface area contributed by atoms with Gasteiger partial charge >= 0.3 is 5.97 Å². The highest BCUT2D eigenvalue weighted by Crippen LogP contribution is 2.34. The Bertz CT molecular complexity index is 5890. The van der Waals surface area contributed by atoms with Gasteiger partial charge in [0.2, 0.25) is 35.1 Å². The fourth-order valence-electron chi connectivity index (χ4n) is 12.2. The molecule has 17 rings (SSSR count). The summed E-state index contributed by atoms with van der Waals surface area (Å²) < 4.78 is 106. The molecule has 39 nitrogen and oxygen atoms in total. The number of nitrogens with one attached hydrogen (secondary N) is 2. The first-order valence-electron chi connectivity index (χ1n) is 40.5. The van der Waals surface area contributed by atoms with Crippen LogP contribution in [-0.2, 0) is 72.8 Å². The fraction of sp³-hybridized carbons (Fsp3) is 0.316. The lowest BCUT2D eigenvalue weighted by molar-refractivity contribution is -0.171. The van der Waals surface area contributed by atoms with Crippen LogP contribution >= 0.6 is 12.4 Å². The minimum absolute atomic E-state index is 0. The van der Waals surface area contributed by atoms with E-state index < -0.39 is 5.97 Å². The number of hydrogen-bond acceptors (Lipinski definition) is 33. The summed E-state index contributed by atoms with van der Waals surface area (Å²) in [7, 11) is 4.79. The molecule has 0 saturated carbocycles. The lowest BCUT2D eigenvalue weighted by Gasteiger charge is -2.21. The van der Waals surface area contributed by atoms with Gasteiger partial charge in [0, 0.05) is 134 Å². The first kappa shape index (κ1) is 79.7. The van der Waals surface area contributed by atoms with Crippen molar-refractivity contribution in [2.75, 3.05) is 74.0 Å². The fourth-order valence-corrected chi connectivity index (χ4v) is 12.2. The molecule has 40 heteroatoms. The van der Waals surface area contributed by atoms with Gasteiger partial charge in [0.1, 0.15) is 39.6 Å². The molecule has 2 amide bonds. The number of carboxylic acids is 1. The minimum Gasteiger partial charge on any atom is -0.478 e. The quantitative estimate of drug-likeness (QED) is 0.0261. The Morgan fingerprint density at radius 2 is 0.840 bits per heavy atom. The van der Waals surface area contributed by atoms with Gasteiger partial charge in [0.15, 0.2) is 63.9 Å². The molecule has 2 unspecified atom stereocenters. The second-order valence-electron chi connectivity index (χ2n) is 26.3. The largest absolute Gasteiger partial charge is 0.478 e. The number of rotatable bonds is 30. The Balaban J connectivity index is 0.000000201. The molecule has 2 fully saturated rings. The Kier molecular flexibility index (Phi) is 27.6. The lowest BCUT2D eigenvalue weighted by Crippen LogP contribution is -2.27. The summed E-state index contributed by atoms with van der Waals surface area (Å²) in [5.74, 6) is 2.11. The number of aromatic carboxylic acids is 1. The van der Waals surface area contributed by atoms with Crippen LogP contribution in [0.1, 0.15) is 114 Å². The summed E-state index contributed by atoms with van der Waals surface area (Å²) >= 11 is 0. The summed E-state index contributed by atoms with van der Waals surface area (Å²) in [5.41, 5.74) is 10.8. The van der Waals surface area contributed by atoms with Gasteiger partial charge in [-0.3, -0.25) is 24.5 Å². The van der Waals surface area contributed by atoms with E-state index in [0.717, 1.165) is 70.8 Å². The van der Waals surface area contributed by atoms with Crippen molar-refractivity contribution < 1.29 is 95.9 Å². The van der Waals surface area contributed by atoms with E-state index in [9.17, 15) is 19.5 Å². The van der Waals surface area contributed by atoms with Crippen molar-refractivity contribution in [3.8, 4) is 52.2 Å². The van der Waals surface area contributed by atoms with E-state index in [0.29, 0.717) is 167 Å². The van der Waals surface area contributed by atoms with Crippen molar-refractivity contribution in [1.29, 1.82) is 0 Å². The molecule has 2 atom stereocenters. The zero-order chi connectivity index (χ0) is 87.5. The van der Waals surface area contributed by atoms with Crippen LogP contribution in [0.25, 0.3) is 83.8 Å². The molecule has 2 saturated heterocycles. The van der Waals surface area contributed by atoms with Crippen LogP contribution in [0.2, 0.25) is 0 Å². The number of pyridine rings is 3. The molecule has 0 bridgehead atoms. The number of aliphatic hydroxyl groups is 1. The van der Waals surface area contributed by atoms with Crippen LogP contribution in [0.3, 0.4) is 0 Å². The van der Waals surface area contributed by atoms with Gasteiger partial charge in [0.05, 0.1) is 53.6 Å². The van der Waals surface area contributed by atoms with Crippen molar-refractivity contribution in [1.82, 2.24) is 100 Å². The maximum atomic E-state index is 12.2. The van der Waals surface area contributed by atoms with Crippen LogP contribution in [0.5, 0.6) is 17.6 Å². The van der Waals surface area contributed by atoms with Gasteiger partial charge in [-0.05, 0) is 93.1 Å². The predicted octanol–water partition coefficient (Wildman–Crippen LogP) is 9.75. The van der Waals surface area contributed by atoms with E-state index >= 15 is 0 Å². The van der Waals surface area contributed by atoms with Gasteiger partial charge in [-0.25, -0.2) is 4.79 Å². The van der Waals surface area contributed by atoms with E-state index in [4.69, 9.17) is 81.0 Å². The third kappa shape index (κ3) is 20.8. The second kappa shape index (κ2) is 41.2. The number of ether oxygens (including phenoxy) is 10. The zero-order valence-corrected chi connectivity index (χ0v) is 65.4. The highest BCUT2D eigenvalue weighted by atomic mass is 35.5. The van der Waals surface area contributed by atoms with Gasteiger partial charge in [-0.1, -0.05) is 70.1 Å². The number of methoxy groups -OCH3 is 3. The number of carbonyl (C=O) groups excluding carboxylic acids is 2. The van der Waals surface area contributed by atoms with Crippen molar-refractivity contribution in [2.24, 2.45) is 5.73 Å². The van der Waals surface area contributed by atoms with Crippen molar-refractivity contribution >= 4 is 79.4 Å². The average molecular weight is 1660 g/mol. The topological polar surface area (TPSA) is 480 Å². The number of aliphatic hydroxyl groups excluding tert-OH is 1. The maximum Gasteiger partial charge on any atom is 0.337 e. The maximum absolute atomic E-state index is 12.2. The highest BCUT2D eigenvalue weighted by molar-refractivity contribution is 5.99. The monoisotopic (exact) mass is 1660 g/mol. The number of nitrogens with zero attached hydrogens (tertiary/aromatic N) is 18. The molecule has 2 aliphatic heterocycles. The standard InChI is InChI=1S/C28H29N7O6.C25H22N6O6.C23H21N7O5.C3H9NO.ClH.4H2/c1-37-13-11-29-27(36)18-9-10-19(30-15-18)16-40-28-22-7-3-2-6-21(22)25-31-32-26(35(25)33-28)23-14-20(41-34-23)17-39-24-8-4-5-12-38-24;32-25(33)15-8-9-16(26-12-15)13-36-24-19-6-2-1-5-18(19)22-27-28-23(31(22)29-24)20-11-17(37-30-20)14-35-21-7-3-4-10-34-21;1-33-9-8-24-22(32)14-6-7-15(25-11-14)13-34-23-18-5-3-2-4-17(18)20-26-27-21(30(20)28-23)19-10-16(12-31)35-29-19;1-5-3-2-4;;;;;/h2-3,6-7,9-10,14-15,24H,4-5,8,11-13,16-17H2,1H3,(H,29,36);1-2,5-6,8-9,11-12,21H,3-4,7,10,13-14H2,(H,32,33);2-7,10-11,31H,8-9,12-13H2,1H3,(H,24,32);2-4H2,1H3;5*1H/i;;;;;3*1+1D;1+1. The number of halogens is 1. The number of benzene rings is 3. The SMILES string of the molecule is COCCN.COCCNC(=O)c1ccc(COc2nn3c(-c4cc(CO)on4)nnc3c3ccccc23)nc1.COCCNC(=O)c1ccc(COc2nn3c(-c4cc(COC5CCCCO5)on4)nnc3c3ccccc23)nc1.Cl.O=C(O)c1ccc(COc2nn3c(-c4cc(COC5CCCCO5)on4)nnc3c3ccccc23)nc1.[2HH].[2H][2H].[2H][2H].[2H][2H]. The molecule has 6 N–H and O–H groups in total. The molecule has 15 aromatic rings. The predicted molar refractivity (Wildman–Crippen MR) is 432 cm³/mol. The van der Waals surface area contributed by atoms with Gasteiger partial charge in [-0.15, -0.1) is 58.3 Å². The van der Waals surface area contributed by atoms with Crippen LogP contribution in [0, 0.1) is 0 Å². The molecule has 3 aromatic carbocycles. The number of nitrogens with two attached hydrogens (primary N) is 1. The molecule has 12 aromatic heterocycles. The number of carboxylic acid groups (broad SMARTS) is 1. The Hall–Kier alpha value is -13.1. The zero-order valence-electron chi connectivity index (χ0n) is 70.6. The van der Waals surface area contributed by atoms with Crippen LogP contribution in [0.4, 0.5) is 0 Å². The molecule has 0 spiro atoms. The molecular formula is C79H90ClN21O18. The summed E-state index contributed by atoms with van der Waals surface area (Å²) in [6, 6.07) is 37.8. The average Bonchev–Trinajstić information content (AvgIpc) is 1.60. The first-order valence-corrected chi connectivity index (χ1v) is 37.5. The number of carbonyl (C=O) groups is 3. The van der Waals surface area contributed by atoms with Gasteiger partial charge in [-0.2, -0.15) is 13.5 Å². The van der Waals surface area contributed by atoms with Gasteiger partial charge < -0.3 is 87.5 Å². The van der Waals surface area contributed by atoms with Gasteiger partial charge in [0.25, 0.3) is 11.8 Å². The molecule has 119 heavy (non-hydrogen) atoms. The number of amides is 2. The van der Waals surface area contributed by atoms with E-state index in [2.05, 4.69) is 86.6 Å². The van der Waals surface area contributed by atoms with Crippen LogP contribution in [-0.4, -0.2) is 204 Å². The van der Waals surface area contributed by atoms with E-state index in [-0.39, 0.29) is 83.4 Å². The number of aromatic nitrogens is 18. The lowest BCUT2D eigenvalue weighted by atomic mass is 10.2. The third-order valence-corrected chi connectivity index (χ3v) is 18.1. The minimum atomic E-state index is -1.04. The van der Waals surface area contributed by atoms with Crippen LogP contribution in [0.15, 0.2) is 160 Å². The Labute approximate surface area is 692 Å². The molecule has 2 aliphatic rings. The summed E-state index contributed by atoms with van der Waals surface area (Å²) in [5, 5.41) is 80.6.